The molecule has 0 radical (unpaired) electrons. The van der Waals surface area contributed by atoms with Crippen molar-refractivity contribution >= 4 is 5.91 Å². The van der Waals surface area contributed by atoms with E-state index in [2.05, 4.69) is 6.92 Å². The first-order valence-electron chi connectivity index (χ1n) is 8.12. The van der Waals surface area contributed by atoms with Crippen molar-refractivity contribution in [2.24, 2.45) is 5.41 Å². The SMILES string of the molecule is Cc1ccn(-c2ccc(F)cc2)c(=O)c1C(=O)N(C)CC1(C)COC1. The third-order valence-electron chi connectivity index (χ3n) is 4.49. The van der Waals surface area contributed by atoms with Crippen molar-refractivity contribution in [1.29, 1.82) is 0 Å². The number of carbonyl (C=O) groups is 1. The number of pyridine rings is 1. The number of nitrogens with zero attached hydrogens (tertiary/aromatic N) is 2. The maximum Gasteiger partial charge on any atom is 0.268 e. The molecule has 3 rings (SSSR count). The zero-order valence-corrected chi connectivity index (χ0v) is 14.6. The summed E-state index contributed by atoms with van der Waals surface area (Å²) in [7, 11) is 1.69. The number of rotatable bonds is 4. The van der Waals surface area contributed by atoms with Crippen LogP contribution in [0.15, 0.2) is 41.3 Å². The number of hydrogen-bond acceptors (Lipinski definition) is 3. The highest BCUT2D eigenvalue weighted by Gasteiger charge is 2.36. The molecule has 1 fully saturated rings. The average Bonchev–Trinajstić information content (AvgIpc) is 2.54. The van der Waals surface area contributed by atoms with Gasteiger partial charge in [-0.15, -0.1) is 0 Å². The van der Waals surface area contributed by atoms with E-state index in [1.165, 1.54) is 28.8 Å². The Hall–Kier alpha value is -2.47. The van der Waals surface area contributed by atoms with E-state index in [-0.39, 0.29) is 22.7 Å². The summed E-state index contributed by atoms with van der Waals surface area (Å²) >= 11 is 0. The summed E-state index contributed by atoms with van der Waals surface area (Å²) in [4.78, 5) is 27.3. The second-order valence-electron chi connectivity index (χ2n) is 6.99. The molecule has 0 atom stereocenters. The van der Waals surface area contributed by atoms with E-state index in [0.29, 0.717) is 31.0 Å². The van der Waals surface area contributed by atoms with Gasteiger partial charge in [-0.25, -0.2) is 4.39 Å². The number of aryl methyl sites for hydroxylation is 1. The first kappa shape index (κ1) is 17.4. The van der Waals surface area contributed by atoms with Gasteiger partial charge >= 0.3 is 0 Å². The van der Waals surface area contributed by atoms with Crippen molar-refractivity contribution in [3.8, 4) is 5.69 Å². The molecule has 1 aromatic heterocycles. The molecule has 1 aromatic carbocycles. The van der Waals surface area contributed by atoms with Gasteiger partial charge in [-0.2, -0.15) is 0 Å². The third kappa shape index (κ3) is 3.35. The average molecular weight is 344 g/mol. The van der Waals surface area contributed by atoms with E-state index in [9.17, 15) is 14.0 Å². The Kier molecular flexibility index (Phi) is 4.47. The Labute approximate surface area is 145 Å². The van der Waals surface area contributed by atoms with Crippen molar-refractivity contribution in [2.45, 2.75) is 13.8 Å². The number of aromatic nitrogens is 1. The Morgan fingerprint density at radius 2 is 1.92 bits per heavy atom. The number of hydrogen-bond donors (Lipinski definition) is 0. The fourth-order valence-electron chi connectivity index (χ4n) is 3.07. The van der Waals surface area contributed by atoms with E-state index >= 15 is 0 Å². The van der Waals surface area contributed by atoms with Crippen LogP contribution in [0.4, 0.5) is 4.39 Å². The molecule has 2 aromatic rings. The number of halogens is 1. The van der Waals surface area contributed by atoms with Crippen molar-refractivity contribution < 1.29 is 13.9 Å². The summed E-state index contributed by atoms with van der Waals surface area (Å²) < 4.78 is 19.7. The van der Waals surface area contributed by atoms with Gasteiger partial charge in [0.25, 0.3) is 11.5 Å². The summed E-state index contributed by atoms with van der Waals surface area (Å²) in [6.07, 6.45) is 1.60. The van der Waals surface area contributed by atoms with Crippen LogP contribution in [-0.2, 0) is 4.74 Å². The summed E-state index contributed by atoms with van der Waals surface area (Å²) in [6.45, 7) is 5.53. The lowest BCUT2D eigenvalue weighted by Gasteiger charge is -2.40. The van der Waals surface area contributed by atoms with Crippen LogP contribution in [0, 0.1) is 18.2 Å². The van der Waals surface area contributed by atoms with E-state index < -0.39 is 5.56 Å². The van der Waals surface area contributed by atoms with E-state index in [1.54, 1.807) is 31.1 Å². The molecule has 5 nitrogen and oxygen atoms in total. The van der Waals surface area contributed by atoms with E-state index in [1.807, 2.05) is 0 Å². The molecule has 1 saturated heterocycles. The molecular formula is C19H21FN2O3. The fourth-order valence-corrected chi connectivity index (χ4v) is 3.07. The van der Waals surface area contributed by atoms with Crippen LogP contribution in [-0.4, -0.2) is 42.2 Å². The molecular weight excluding hydrogens is 323 g/mol. The van der Waals surface area contributed by atoms with E-state index in [0.717, 1.165) is 0 Å². The molecule has 1 aliphatic heterocycles. The molecule has 132 valence electrons. The second-order valence-corrected chi connectivity index (χ2v) is 6.99. The molecule has 0 unspecified atom stereocenters. The van der Waals surface area contributed by atoms with Gasteiger partial charge in [0.05, 0.1) is 13.2 Å². The second kappa shape index (κ2) is 6.44. The first-order chi connectivity index (χ1) is 11.8. The minimum absolute atomic E-state index is 0.0664. The Balaban J connectivity index is 1.95. The fraction of sp³-hybridized carbons (Fsp3) is 0.368. The predicted octanol–water partition coefficient (Wildman–Crippen LogP) is 2.39. The minimum Gasteiger partial charge on any atom is -0.380 e. The standard InChI is InChI=1S/C19H21FN2O3/c1-13-8-9-22(15-6-4-14(20)5-7-15)18(24)16(13)17(23)21(3)10-19(2)11-25-12-19/h4-9H,10-12H2,1-3H3. The predicted molar refractivity (Wildman–Crippen MR) is 92.6 cm³/mol. The van der Waals surface area contributed by atoms with Gasteiger partial charge in [-0.3, -0.25) is 14.2 Å². The van der Waals surface area contributed by atoms with Crippen molar-refractivity contribution in [3.05, 3.63) is 63.8 Å². The quantitative estimate of drug-likeness (QED) is 0.856. The maximum atomic E-state index is 13.1. The number of amides is 1. The van der Waals surface area contributed by atoms with Gasteiger partial charge in [0.15, 0.2) is 0 Å². The smallest absolute Gasteiger partial charge is 0.268 e. The lowest BCUT2D eigenvalue weighted by atomic mass is 9.88. The topological polar surface area (TPSA) is 51.5 Å². The monoisotopic (exact) mass is 344 g/mol. The number of benzene rings is 1. The molecule has 6 heteroatoms. The zero-order valence-electron chi connectivity index (χ0n) is 14.6. The van der Waals surface area contributed by atoms with Crippen LogP contribution in [0.25, 0.3) is 5.69 Å². The highest BCUT2D eigenvalue weighted by molar-refractivity contribution is 5.95. The van der Waals surface area contributed by atoms with Crippen LogP contribution in [0.1, 0.15) is 22.8 Å². The van der Waals surface area contributed by atoms with Gasteiger partial charge in [0.1, 0.15) is 11.4 Å². The van der Waals surface area contributed by atoms with Gasteiger partial charge in [-0.1, -0.05) is 6.92 Å². The van der Waals surface area contributed by atoms with Crippen LogP contribution < -0.4 is 5.56 Å². The number of carbonyl (C=O) groups excluding carboxylic acids is 1. The number of ether oxygens (including phenoxy) is 1. The highest BCUT2D eigenvalue weighted by atomic mass is 19.1. The summed E-state index contributed by atoms with van der Waals surface area (Å²) in [5, 5.41) is 0. The normalized spacial score (nSPS) is 15.5. The molecule has 0 aliphatic carbocycles. The molecule has 0 N–H and O–H groups in total. The minimum atomic E-state index is -0.404. The highest BCUT2D eigenvalue weighted by Crippen LogP contribution is 2.27. The molecule has 2 heterocycles. The van der Waals surface area contributed by atoms with Crippen molar-refractivity contribution in [2.75, 3.05) is 26.8 Å². The lowest BCUT2D eigenvalue weighted by Crippen LogP contribution is -2.49. The molecule has 1 amide bonds. The summed E-state index contributed by atoms with van der Waals surface area (Å²) in [5.74, 6) is -0.692. The van der Waals surface area contributed by atoms with Gasteiger partial charge in [0, 0.05) is 30.9 Å². The summed E-state index contributed by atoms with van der Waals surface area (Å²) in [6, 6.07) is 7.31. The molecule has 1 aliphatic rings. The lowest BCUT2D eigenvalue weighted by molar-refractivity contribution is -0.109. The maximum absolute atomic E-state index is 13.1. The van der Waals surface area contributed by atoms with Crippen LogP contribution in [0.3, 0.4) is 0 Å². The van der Waals surface area contributed by atoms with Crippen molar-refractivity contribution in [1.82, 2.24) is 9.47 Å². The first-order valence-corrected chi connectivity index (χ1v) is 8.12. The largest absolute Gasteiger partial charge is 0.380 e. The molecule has 25 heavy (non-hydrogen) atoms. The van der Waals surface area contributed by atoms with Gasteiger partial charge < -0.3 is 9.64 Å². The Morgan fingerprint density at radius 1 is 1.28 bits per heavy atom. The van der Waals surface area contributed by atoms with Crippen molar-refractivity contribution in [3.63, 3.8) is 0 Å². The van der Waals surface area contributed by atoms with Crippen LogP contribution in [0.5, 0.6) is 0 Å². The molecule has 0 saturated carbocycles. The molecule has 0 bridgehead atoms. The van der Waals surface area contributed by atoms with E-state index in [4.69, 9.17) is 4.74 Å². The third-order valence-corrected chi connectivity index (χ3v) is 4.49. The zero-order chi connectivity index (χ0) is 18.2. The van der Waals surface area contributed by atoms with Crippen LogP contribution >= 0.6 is 0 Å². The van der Waals surface area contributed by atoms with Crippen LogP contribution in [0.2, 0.25) is 0 Å². The Bertz CT molecular complexity index is 854. The Morgan fingerprint density at radius 3 is 2.48 bits per heavy atom. The summed E-state index contributed by atoms with van der Waals surface area (Å²) in [5.41, 5.74) is 0.803. The molecule has 0 spiro atoms. The van der Waals surface area contributed by atoms with Gasteiger partial charge in [-0.05, 0) is 42.8 Å². The van der Waals surface area contributed by atoms with Gasteiger partial charge in [0.2, 0.25) is 0 Å².